The van der Waals surface area contributed by atoms with Gasteiger partial charge in [-0.2, -0.15) is 0 Å². The van der Waals surface area contributed by atoms with Gasteiger partial charge in [-0.05, 0) is 56.2 Å². The molecule has 21 heavy (non-hydrogen) atoms. The minimum Gasteiger partial charge on any atom is -0.494 e. The van der Waals surface area contributed by atoms with E-state index in [4.69, 9.17) is 21.1 Å². The fourth-order valence-electron chi connectivity index (χ4n) is 2.11. The molecule has 112 valence electrons. The number of alkyl halides is 1. The SMILES string of the molecule is CCOc1ccc(C(Cl)c2cccc(OC(C)C)c2)cc1. The quantitative estimate of drug-likeness (QED) is 0.683. The summed E-state index contributed by atoms with van der Waals surface area (Å²) in [6.07, 6.45) is 0.152. The molecule has 2 aromatic carbocycles. The third-order valence-electron chi connectivity index (χ3n) is 3.01. The molecule has 0 N–H and O–H groups in total. The number of rotatable bonds is 6. The van der Waals surface area contributed by atoms with E-state index in [0.717, 1.165) is 22.6 Å². The maximum atomic E-state index is 6.57. The third-order valence-corrected chi connectivity index (χ3v) is 3.51. The summed E-state index contributed by atoms with van der Waals surface area (Å²) in [5, 5.41) is -0.198. The van der Waals surface area contributed by atoms with Crippen molar-refractivity contribution >= 4 is 11.6 Å². The number of benzene rings is 2. The second kappa shape index (κ2) is 7.37. The second-order valence-corrected chi connectivity index (χ2v) is 5.54. The van der Waals surface area contributed by atoms with Crippen molar-refractivity contribution < 1.29 is 9.47 Å². The van der Waals surface area contributed by atoms with E-state index in [1.54, 1.807) is 0 Å². The standard InChI is InChI=1S/C18H21ClO2/c1-4-20-16-10-8-14(9-11-16)18(19)15-6-5-7-17(12-15)21-13(2)3/h5-13,18H,4H2,1-3H3. The summed E-state index contributed by atoms with van der Waals surface area (Å²) in [5.41, 5.74) is 2.07. The lowest BCUT2D eigenvalue weighted by Gasteiger charge is -2.14. The summed E-state index contributed by atoms with van der Waals surface area (Å²) >= 11 is 6.57. The second-order valence-electron chi connectivity index (χ2n) is 5.10. The molecule has 2 nitrogen and oxygen atoms in total. The van der Waals surface area contributed by atoms with E-state index in [1.807, 2.05) is 69.3 Å². The molecule has 0 saturated heterocycles. The van der Waals surface area contributed by atoms with E-state index >= 15 is 0 Å². The van der Waals surface area contributed by atoms with E-state index in [2.05, 4.69) is 0 Å². The summed E-state index contributed by atoms with van der Waals surface area (Å²) < 4.78 is 11.2. The molecule has 0 heterocycles. The Morgan fingerprint density at radius 2 is 1.67 bits per heavy atom. The van der Waals surface area contributed by atoms with Gasteiger partial charge in [0, 0.05) is 0 Å². The van der Waals surface area contributed by atoms with Crippen LogP contribution in [0.1, 0.15) is 37.3 Å². The summed E-state index contributed by atoms with van der Waals surface area (Å²) in [7, 11) is 0. The zero-order valence-corrected chi connectivity index (χ0v) is 13.4. The van der Waals surface area contributed by atoms with Crippen molar-refractivity contribution in [2.45, 2.75) is 32.3 Å². The Morgan fingerprint density at radius 1 is 0.952 bits per heavy atom. The Balaban J connectivity index is 2.16. The molecule has 0 aliphatic heterocycles. The Labute approximate surface area is 131 Å². The molecule has 3 heteroatoms. The highest BCUT2D eigenvalue weighted by atomic mass is 35.5. The van der Waals surface area contributed by atoms with Gasteiger partial charge >= 0.3 is 0 Å². The van der Waals surface area contributed by atoms with Crippen molar-refractivity contribution in [2.24, 2.45) is 0 Å². The molecule has 0 aliphatic carbocycles. The minimum absolute atomic E-state index is 0.152. The summed E-state index contributed by atoms with van der Waals surface area (Å²) in [6, 6.07) is 15.8. The highest BCUT2D eigenvalue weighted by Gasteiger charge is 2.12. The number of halogens is 1. The first-order chi connectivity index (χ1) is 10.1. The van der Waals surface area contributed by atoms with Crippen molar-refractivity contribution in [3.8, 4) is 11.5 Å². The zero-order chi connectivity index (χ0) is 15.2. The van der Waals surface area contributed by atoms with Crippen LogP contribution in [0.2, 0.25) is 0 Å². The van der Waals surface area contributed by atoms with Crippen LogP contribution in [0.4, 0.5) is 0 Å². The molecule has 1 unspecified atom stereocenters. The highest BCUT2D eigenvalue weighted by Crippen LogP contribution is 2.31. The molecule has 2 rings (SSSR count). The van der Waals surface area contributed by atoms with Crippen LogP contribution in [-0.4, -0.2) is 12.7 Å². The van der Waals surface area contributed by atoms with Gasteiger partial charge in [-0.25, -0.2) is 0 Å². The highest BCUT2D eigenvalue weighted by molar-refractivity contribution is 6.22. The zero-order valence-electron chi connectivity index (χ0n) is 12.7. The van der Waals surface area contributed by atoms with Crippen LogP contribution in [0.15, 0.2) is 48.5 Å². The van der Waals surface area contributed by atoms with Gasteiger partial charge in [0.25, 0.3) is 0 Å². The summed E-state index contributed by atoms with van der Waals surface area (Å²) in [4.78, 5) is 0. The molecule has 2 aromatic rings. The molecule has 0 radical (unpaired) electrons. The lowest BCUT2D eigenvalue weighted by Crippen LogP contribution is -2.06. The molecule has 0 fully saturated rings. The van der Waals surface area contributed by atoms with Crippen LogP contribution < -0.4 is 9.47 Å². The van der Waals surface area contributed by atoms with Crippen molar-refractivity contribution in [3.05, 3.63) is 59.7 Å². The largest absolute Gasteiger partial charge is 0.494 e. The fourth-order valence-corrected chi connectivity index (χ4v) is 2.39. The third kappa shape index (κ3) is 4.40. The molecular weight excluding hydrogens is 284 g/mol. The Hall–Kier alpha value is -1.67. The van der Waals surface area contributed by atoms with Crippen LogP contribution in [0.5, 0.6) is 11.5 Å². The molecule has 0 saturated carbocycles. The lowest BCUT2D eigenvalue weighted by atomic mass is 10.0. The molecule has 0 amide bonds. The van der Waals surface area contributed by atoms with E-state index in [0.29, 0.717) is 6.61 Å². The smallest absolute Gasteiger partial charge is 0.120 e. The van der Waals surface area contributed by atoms with Gasteiger partial charge < -0.3 is 9.47 Å². The van der Waals surface area contributed by atoms with Gasteiger partial charge in [-0.3, -0.25) is 0 Å². The Morgan fingerprint density at radius 3 is 2.29 bits per heavy atom. The Kier molecular flexibility index (Phi) is 5.51. The first kappa shape index (κ1) is 15.7. The van der Waals surface area contributed by atoms with Crippen LogP contribution in [0, 0.1) is 0 Å². The van der Waals surface area contributed by atoms with Gasteiger partial charge in [0.1, 0.15) is 11.5 Å². The fraction of sp³-hybridized carbons (Fsp3) is 0.333. The van der Waals surface area contributed by atoms with E-state index in [-0.39, 0.29) is 11.5 Å². The van der Waals surface area contributed by atoms with Crippen LogP contribution >= 0.6 is 11.6 Å². The molecular formula is C18H21ClO2. The topological polar surface area (TPSA) is 18.5 Å². The van der Waals surface area contributed by atoms with Gasteiger partial charge in [-0.1, -0.05) is 24.3 Å². The molecule has 1 atom stereocenters. The van der Waals surface area contributed by atoms with Gasteiger partial charge in [0.15, 0.2) is 0 Å². The number of ether oxygens (including phenoxy) is 2. The maximum absolute atomic E-state index is 6.57. The number of hydrogen-bond donors (Lipinski definition) is 0. The first-order valence-electron chi connectivity index (χ1n) is 7.23. The van der Waals surface area contributed by atoms with Crippen molar-refractivity contribution in [3.63, 3.8) is 0 Å². The average molecular weight is 305 g/mol. The predicted octanol–water partition coefficient (Wildman–Crippen LogP) is 5.20. The van der Waals surface area contributed by atoms with Crippen molar-refractivity contribution in [1.82, 2.24) is 0 Å². The monoisotopic (exact) mass is 304 g/mol. The number of hydrogen-bond acceptors (Lipinski definition) is 2. The van der Waals surface area contributed by atoms with Crippen LogP contribution in [0.3, 0.4) is 0 Å². The molecule has 0 aliphatic rings. The predicted molar refractivity (Wildman–Crippen MR) is 87.5 cm³/mol. The van der Waals surface area contributed by atoms with Crippen molar-refractivity contribution in [2.75, 3.05) is 6.61 Å². The normalized spacial score (nSPS) is 12.2. The minimum atomic E-state index is -0.198. The van der Waals surface area contributed by atoms with Gasteiger partial charge in [0.05, 0.1) is 18.1 Å². The van der Waals surface area contributed by atoms with Gasteiger partial charge in [0.2, 0.25) is 0 Å². The van der Waals surface area contributed by atoms with Crippen LogP contribution in [0.25, 0.3) is 0 Å². The average Bonchev–Trinajstić information content (AvgIpc) is 2.47. The van der Waals surface area contributed by atoms with E-state index in [1.165, 1.54) is 0 Å². The molecule has 0 spiro atoms. The molecule has 0 aromatic heterocycles. The lowest BCUT2D eigenvalue weighted by molar-refractivity contribution is 0.242. The summed E-state index contributed by atoms with van der Waals surface area (Å²) in [5.74, 6) is 1.71. The first-order valence-corrected chi connectivity index (χ1v) is 7.67. The van der Waals surface area contributed by atoms with Gasteiger partial charge in [-0.15, -0.1) is 11.6 Å². The maximum Gasteiger partial charge on any atom is 0.120 e. The van der Waals surface area contributed by atoms with E-state index < -0.39 is 0 Å². The van der Waals surface area contributed by atoms with Crippen molar-refractivity contribution in [1.29, 1.82) is 0 Å². The Bertz CT molecular complexity index is 564. The van der Waals surface area contributed by atoms with Crippen LogP contribution in [-0.2, 0) is 0 Å². The molecule has 0 bridgehead atoms. The van der Waals surface area contributed by atoms with E-state index in [9.17, 15) is 0 Å². The summed E-state index contributed by atoms with van der Waals surface area (Å²) in [6.45, 7) is 6.66.